The van der Waals surface area contributed by atoms with E-state index in [9.17, 15) is 9.59 Å². The number of rotatable bonds is 5. The van der Waals surface area contributed by atoms with E-state index in [4.69, 9.17) is 0 Å². The van der Waals surface area contributed by atoms with Crippen molar-refractivity contribution in [3.63, 3.8) is 0 Å². The van der Waals surface area contributed by atoms with E-state index in [2.05, 4.69) is 20.7 Å². The number of aryl methyl sites for hydroxylation is 1. The lowest BCUT2D eigenvalue weighted by Gasteiger charge is -2.29. The molecule has 2 aromatic rings. The molecule has 2 aromatic heterocycles. The topological polar surface area (TPSA) is 88.9 Å². The van der Waals surface area contributed by atoms with Gasteiger partial charge in [0.2, 0.25) is 0 Å². The first-order valence-corrected chi connectivity index (χ1v) is 8.72. The van der Waals surface area contributed by atoms with Crippen LogP contribution in [0.3, 0.4) is 0 Å². The minimum atomic E-state index is -0.219. The molecule has 0 bridgehead atoms. The van der Waals surface area contributed by atoms with Gasteiger partial charge in [-0.2, -0.15) is 5.10 Å². The average molecular weight is 341 g/mol. The fourth-order valence-electron chi connectivity index (χ4n) is 3.10. The second-order valence-corrected chi connectivity index (χ2v) is 6.25. The molecule has 0 atom stereocenters. The van der Waals surface area contributed by atoms with Gasteiger partial charge in [-0.05, 0) is 50.8 Å². The molecule has 1 fully saturated rings. The third-order valence-corrected chi connectivity index (χ3v) is 4.48. The normalized spacial score (nSPS) is 20.0. The summed E-state index contributed by atoms with van der Waals surface area (Å²) in [5.41, 5.74) is 0.0929. The summed E-state index contributed by atoms with van der Waals surface area (Å²) in [6.07, 6.45) is 5.54. The molecule has 7 nitrogen and oxygen atoms in total. The van der Waals surface area contributed by atoms with Crippen molar-refractivity contribution in [1.29, 1.82) is 0 Å². The molecule has 0 spiro atoms. The Kier molecular flexibility index (Phi) is 5.42. The first-order chi connectivity index (χ1) is 12.2. The molecule has 1 aliphatic carbocycles. The van der Waals surface area contributed by atoms with Gasteiger partial charge >= 0.3 is 0 Å². The van der Waals surface area contributed by atoms with Gasteiger partial charge in [0.15, 0.2) is 0 Å². The molecule has 0 saturated heterocycles. The summed E-state index contributed by atoms with van der Waals surface area (Å²) in [5, 5.41) is 10.6. The first kappa shape index (κ1) is 17.1. The van der Waals surface area contributed by atoms with E-state index in [1.807, 2.05) is 25.1 Å². The van der Waals surface area contributed by atoms with Crippen LogP contribution >= 0.6 is 0 Å². The smallest absolute Gasteiger partial charge is 0.271 e. The molecule has 132 valence electrons. The largest absolute Gasteiger partial charge is 0.367 e. The zero-order chi connectivity index (χ0) is 17.6. The van der Waals surface area contributed by atoms with Crippen LogP contribution in [0.2, 0.25) is 0 Å². The van der Waals surface area contributed by atoms with E-state index < -0.39 is 0 Å². The number of hydrogen-bond donors (Lipinski definition) is 2. The van der Waals surface area contributed by atoms with E-state index in [1.165, 1.54) is 16.8 Å². The Bertz CT molecular complexity index is 767. The number of anilines is 1. The SMILES string of the molecule is CCn1nc(C(=O)NC2CCC(Nc3ccccn3)CC2)ccc1=O. The van der Waals surface area contributed by atoms with Crippen LogP contribution in [0.25, 0.3) is 0 Å². The van der Waals surface area contributed by atoms with Gasteiger partial charge in [-0.3, -0.25) is 9.59 Å². The molecule has 3 rings (SSSR count). The van der Waals surface area contributed by atoms with Crippen LogP contribution in [-0.2, 0) is 6.54 Å². The van der Waals surface area contributed by atoms with Crippen LogP contribution < -0.4 is 16.2 Å². The van der Waals surface area contributed by atoms with Crippen LogP contribution in [0, 0.1) is 0 Å². The molecule has 2 N–H and O–H groups in total. The molecule has 0 radical (unpaired) electrons. The number of carbonyl (C=O) groups is 1. The number of hydrogen-bond acceptors (Lipinski definition) is 5. The zero-order valence-electron chi connectivity index (χ0n) is 14.3. The molecule has 7 heteroatoms. The van der Waals surface area contributed by atoms with Gasteiger partial charge < -0.3 is 10.6 Å². The second-order valence-electron chi connectivity index (χ2n) is 6.25. The third-order valence-electron chi connectivity index (χ3n) is 4.48. The Morgan fingerprint density at radius 1 is 1.16 bits per heavy atom. The highest BCUT2D eigenvalue weighted by atomic mass is 16.2. The molecule has 1 saturated carbocycles. The summed E-state index contributed by atoms with van der Waals surface area (Å²) in [4.78, 5) is 28.2. The fraction of sp³-hybridized carbons (Fsp3) is 0.444. The van der Waals surface area contributed by atoms with E-state index in [1.54, 1.807) is 6.20 Å². The Morgan fingerprint density at radius 3 is 2.60 bits per heavy atom. The number of nitrogens with zero attached hydrogens (tertiary/aromatic N) is 3. The summed E-state index contributed by atoms with van der Waals surface area (Å²) < 4.78 is 1.29. The lowest BCUT2D eigenvalue weighted by molar-refractivity contribution is 0.0919. The highest BCUT2D eigenvalue weighted by molar-refractivity contribution is 5.92. The Balaban J connectivity index is 1.52. The molecule has 2 heterocycles. The van der Waals surface area contributed by atoms with Gasteiger partial charge in [0.05, 0.1) is 0 Å². The van der Waals surface area contributed by atoms with E-state index >= 15 is 0 Å². The van der Waals surface area contributed by atoms with Gasteiger partial charge in [-0.15, -0.1) is 0 Å². The highest BCUT2D eigenvalue weighted by Gasteiger charge is 2.23. The number of carbonyl (C=O) groups excluding carboxylic acids is 1. The van der Waals surface area contributed by atoms with Crippen molar-refractivity contribution < 1.29 is 4.79 Å². The minimum absolute atomic E-state index is 0.137. The molecule has 25 heavy (non-hydrogen) atoms. The first-order valence-electron chi connectivity index (χ1n) is 8.72. The van der Waals surface area contributed by atoms with E-state index in [0.717, 1.165) is 31.5 Å². The lowest BCUT2D eigenvalue weighted by atomic mass is 9.91. The van der Waals surface area contributed by atoms with Crippen LogP contribution in [0.5, 0.6) is 0 Å². The molecular formula is C18H23N5O2. The van der Waals surface area contributed by atoms with Gasteiger partial charge in [0.1, 0.15) is 11.5 Å². The summed E-state index contributed by atoms with van der Waals surface area (Å²) in [6, 6.07) is 9.21. The molecule has 0 aliphatic heterocycles. The second kappa shape index (κ2) is 7.92. The molecule has 1 aliphatic rings. The number of pyridine rings is 1. The molecule has 0 aromatic carbocycles. The Morgan fingerprint density at radius 2 is 1.92 bits per heavy atom. The predicted octanol–water partition coefficient (Wildman–Crippen LogP) is 1.81. The average Bonchev–Trinajstić information content (AvgIpc) is 2.64. The third kappa shape index (κ3) is 4.43. The van der Waals surface area contributed by atoms with Crippen molar-refractivity contribution >= 4 is 11.7 Å². The van der Waals surface area contributed by atoms with Gasteiger partial charge in [0, 0.05) is 30.9 Å². The summed E-state index contributed by atoms with van der Waals surface area (Å²) in [6.45, 7) is 2.27. The zero-order valence-corrected chi connectivity index (χ0v) is 14.3. The monoisotopic (exact) mass is 341 g/mol. The quantitative estimate of drug-likeness (QED) is 0.866. The van der Waals surface area contributed by atoms with Gasteiger partial charge in [-0.1, -0.05) is 6.07 Å². The predicted molar refractivity (Wildman–Crippen MR) is 95.5 cm³/mol. The minimum Gasteiger partial charge on any atom is -0.367 e. The highest BCUT2D eigenvalue weighted by Crippen LogP contribution is 2.21. The van der Waals surface area contributed by atoms with Crippen molar-refractivity contribution in [3.8, 4) is 0 Å². The van der Waals surface area contributed by atoms with E-state index in [-0.39, 0.29) is 23.2 Å². The maximum absolute atomic E-state index is 12.4. The summed E-state index contributed by atoms with van der Waals surface area (Å²) in [5.74, 6) is 0.671. The maximum Gasteiger partial charge on any atom is 0.271 e. The van der Waals surface area contributed by atoms with Crippen LogP contribution in [0.15, 0.2) is 41.3 Å². The van der Waals surface area contributed by atoms with Crippen LogP contribution in [0.4, 0.5) is 5.82 Å². The molecule has 1 amide bonds. The summed E-state index contributed by atoms with van der Waals surface area (Å²) in [7, 11) is 0. The van der Waals surface area contributed by atoms with Gasteiger partial charge in [0.25, 0.3) is 11.5 Å². The number of aromatic nitrogens is 3. The van der Waals surface area contributed by atoms with Crippen LogP contribution in [-0.4, -0.2) is 32.8 Å². The van der Waals surface area contributed by atoms with E-state index in [0.29, 0.717) is 12.6 Å². The van der Waals surface area contributed by atoms with Crippen molar-refractivity contribution in [1.82, 2.24) is 20.1 Å². The van der Waals surface area contributed by atoms with Crippen molar-refractivity contribution in [2.24, 2.45) is 0 Å². The van der Waals surface area contributed by atoms with Crippen molar-refractivity contribution in [2.45, 2.75) is 51.2 Å². The molecule has 0 unspecified atom stereocenters. The Hall–Kier alpha value is -2.70. The van der Waals surface area contributed by atoms with Gasteiger partial charge in [-0.25, -0.2) is 9.67 Å². The molecular weight excluding hydrogens is 318 g/mol. The van der Waals surface area contributed by atoms with Crippen LogP contribution in [0.1, 0.15) is 43.1 Å². The van der Waals surface area contributed by atoms with Crippen molar-refractivity contribution in [3.05, 3.63) is 52.6 Å². The fourth-order valence-corrected chi connectivity index (χ4v) is 3.10. The Labute approximate surface area is 146 Å². The van der Waals surface area contributed by atoms with Crippen molar-refractivity contribution in [2.75, 3.05) is 5.32 Å². The number of nitrogens with one attached hydrogen (secondary N) is 2. The number of amides is 1. The lowest BCUT2D eigenvalue weighted by Crippen LogP contribution is -2.41. The summed E-state index contributed by atoms with van der Waals surface area (Å²) >= 11 is 0. The maximum atomic E-state index is 12.4. The standard InChI is InChI=1S/C18H23N5O2/c1-2-23-17(24)11-10-15(22-23)18(25)21-14-8-6-13(7-9-14)20-16-5-3-4-12-19-16/h3-5,10-14H,2,6-9H2,1H3,(H,19,20)(H,21,25).